The summed E-state index contributed by atoms with van der Waals surface area (Å²) in [6, 6.07) is 9.59. The zero-order valence-corrected chi connectivity index (χ0v) is 14.4. The lowest BCUT2D eigenvalue weighted by Gasteiger charge is -2.27. The van der Waals surface area contributed by atoms with Gasteiger partial charge in [0.1, 0.15) is 0 Å². The van der Waals surface area contributed by atoms with Gasteiger partial charge in [-0.2, -0.15) is 0 Å². The maximum Gasteiger partial charge on any atom is 0.253 e. The van der Waals surface area contributed by atoms with Crippen LogP contribution in [0.25, 0.3) is 11.1 Å². The summed E-state index contributed by atoms with van der Waals surface area (Å²) in [6.45, 7) is 6.96. The summed E-state index contributed by atoms with van der Waals surface area (Å²) in [7, 11) is 1.79. The predicted octanol–water partition coefficient (Wildman–Crippen LogP) is 1.71. The second kappa shape index (κ2) is 6.61. The molecule has 1 N–H and O–H groups in total. The summed E-state index contributed by atoms with van der Waals surface area (Å²) in [4.78, 5) is 26.4. The van der Waals surface area contributed by atoms with Crippen molar-refractivity contribution in [2.75, 3.05) is 26.2 Å². The number of benzene rings is 1. The first kappa shape index (κ1) is 16.5. The normalized spacial score (nSPS) is 14.7. The highest BCUT2D eigenvalue weighted by Gasteiger charge is 2.18. The largest absolute Gasteiger partial charge is 0.336 e. The highest BCUT2D eigenvalue weighted by molar-refractivity contribution is 5.94. The molecular weight excluding hydrogens is 302 g/mol. The third kappa shape index (κ3) is 2.99. The van der Waals surface area contributed by atoms with E-state index in [1.807, 2.05) is 49.1 Å². The van der Waals surface area contributed by atoms with Crippen molar-refractivity contribution in [1.82, 2.24) is 14.8 Å². The zero-order valence-electron chi connectivity index (χ0n) is 14.4. The molecule has 1 amide bonds. The molecule has 3 rings (SSSR count). The van der Waals surface area contributed by atoms with Crippen LogP contribution in [0.3, 0.4) is 0 Å². The number of carbonyl (C=O) groups is 1. The average molecular weight is 325 g/mol. The van der Waals surface area contributed by atoms with Crippen LogP contribution in [-0.2, 0) is 7.05 Å². The number of amides is 1. The Kier molecular flexibility index (Phi) is 4.53. The third-order valence-corrected chi connectivity index (χ3v) is 4.74. The van der Waals surface area contributed by atoms with Gasteiger partial charge in [0.15, 0.2) is 0 Å². The van der Waals surface area contributed by atoms with Gasteiger partial charge in [-0.15, -0.1) is 0 Å². The molecular formula is C19H23N3O2. The van der Waals surface area contributed by atoms with Crippen LogP contribution in [0.2, 0.25) is 0 Å². The van der Waals surface area contributed by atoms with E-state index in [9.17, 15) is 9.59 Å². The molecule has 2 aromatic rings. The van der Waals surface area contributed by atoms with Crippen LogP contribution in [0.1, 0.15) is 21.6 Å². The van der Waals surface area contributed by atoms with E-state index in [2.05, 4.69) is 5.32 Å². The van der Waals surface area contributed by atoms with E-state index in [4.69, 9.17) is 0 Å². The highest BCUT2D eigenvalue weighted by Crippen LogP contribution is 2.23. The van der Waals surface area contributed by atoms with E-state index in [-0.39, 0.29) is 11.5 Å². The molecule has 0 saturated carbocycles. The van der Waals surface area contributed by atoms with Gasteiger partial charge < -0.3 is 14.8 Å². The van der Waals surface area contributed by atoms with Gasteiger partial charge in [0, 0.05) is 55.6 Å². The van der Waals surface area contributed by atoms with Crippen LogP contribution in [0.4, 0.5) is 0 Å². The highest BCUT2D eigenvalue weighted by atomic mass is 16.2. The molecule has 0 spiro atoms. The van der Waals surface area contributed by atoms with Crippen LogP contribution < -0.4 is 10.9 Å². The van der Waals surface area contributed by atoms with Gasteiger partial charge in [0.2, 0.25) is 0 Å². The van der Waals surface area contributed by atoms with E-state index in [0.717, 1.165) is 48.6 Å². The molecule has 1 aliphatic heterocycles. The first-order chi connectivity index (χ1) is 11.5. The molecule has 0 atom stereocenters. The number of rotatable bonds is 2. The maximum atomic E-state index is 12.5. The molecule has 1 aromatic heterocycles. The fraction of sp³-hybridized carbons (Fsp3) is 0.368. The minimum Gasteiger partial charge on any atom is -0.336 e. The van der Waals surface area contributed by atoms with Gasteiger partial charge in [-0.1, -0.05) is 12.1 Å². The Hall–Kier alpha value is -2.40. The second-order valence-electron chi connectivity index (χ2n) is 6.31. The molecule has 24 heavy (non-hydrogen) atoms. The number of nitrogens with one attached hydrogen (secondary N) is 1. The molecule has 126 valence electrons. The summed E-state index contributed by atoms with van der Waals surface area (Å²) >= 11 is 0. The van der Waals surface area contributed by atoms with Gasteiger partial charge in [-0.3, -0.25) is 9.59 Å². The van der Waals surface area contributed by atoms with Gasteiger partial charge >= 0.3 is 0 Å². The summed E-state index contributed by atoms with van der Waals surface area (Å²) < 4.78 is 1.67. The molecule has 5 heteroatoms. The van der Waals surface area contributed by atoms with Crippen molar-refractivity contribution < 1.29 is 4.79 Å². The van der Waals surface area contributed by atoms with Crippen molar-refractivity contribution in [3.05, 3.63) is 57.5 Å². The molecule has 1 saturated heterocycles. The van der Waals surface area contributed by atoms with Crippen molar-refractivity contribution >= 4 is 5.91 Å². The molecule has 0 bridgehead atoms. The molecule has 0 unspecified atom stereocenters. The lowest BCUT2D eigenvalue weighted by atomic mass is 10.0. The zero-order chi connectivity index (χ0) is 17.3. The Labute approximate surface area is 141 Å². The minimum absolute atomic E-state index is 0.0294. The lowest BCUT2D eigenvalue weighted by Crippen LogP contribution is -2.46. The molecule has 0 aliphatic carbocycles. The monoisotopic (exact) mass is 325 g/mol. The van der Waals surface area contributed by atoms with Gasteiger partial charge in [0.05, 0.1) is 0 Å². The van der Waals surface area contributed by atoms with Crippen LogP contribution in [0.5, 0.6) is 0 Å². The lowest BCUT2D eigenvalue weighted by molar-refractivity contribution is 0.0736. The third-order valence-electron chi connectivity index (χ3n) is 4.74. The van der Waals surface area contributed by atoms with E-state index >= 15 is 0 Å². The summed E-state index contributed by atoms with van der Waals surface area (Å²) in [6.07, 6.45) is 0. The minimum atomic E-state index is 0.0294. The Morgan fingerprint density at radius 3 is 2.33 bits per heavy atom. The number of carbonyl (C=O) groups excluding carboxylic acids is 1. The van der Waals surface area contributed by atoms with Crippen molar-refractivity contribution in [1.29, 1.82) is 0 Å². The second-order valence-corrected chi connectivity index (χ2v) is 6.31. The van der Waals surface area contributed by atoms with Gasteiger partial charge in [-0.25, -0.2) is 0 Å². The van der Waals surface area contributed by atoms with E-state index < -0.39 is 0 Å². The summed E-state index contributed by atoms with van der Waals surface area (Å²) in [5.41, 5.74) is 4.42. The SMILES string of the molecule is Cc1cc(-c2ccc(C(=O)N3CCNCC3)cc2)c(C)n(C)c1=O. The molecule has 1 aliphatic rings. The van der Waals surface area contributed by atoms with E-state index in [0.29, 0.717) is 5.56 Å². The van der Waals surface area contributed by atoms with Crippen LogP contribution in [0, 0.1) is 13.8 Å². The molecule has 1 fully saturated rings. The van der Waals surface area contributed by atoms with Gasteiger partial charge in [-0.05, 0) is 37.6 Å². The quantitative estimate of drug-likeness (QED) is 0.915. The summed E-state index contributed by atoms with van der Waals surface area (Å²) in [5, 5.41) is 3.25. The van der Waals surface area contributed by atoms with E-state index in [1.54, 1.807) is 11.6 Å². The molecule has 1 aromatic carbocycles. The number of pyridine rings is 1. The van der Waals surface area contributed by atoms with Crippen molar-refractivity contribution in [2.24, 2.45) is 7.05 Å². The smallest absolute Gasteiger partial charge is 0.253 e. The van der Waals surface area contributed by atoms with Crippen LogP contribution >= 0.6 is 0 Å². The number of hydrogen-bond acceptors (Lipinski definition) is 3. The first-order valence-corrected chi connectivity index (χ1v) is 8.26. The maximum absolute atomic E-state index is 12.5. The predicted molar refractivity (Wildman–Crippen MR) is 95.4 cm³/mol. The molecule has 2 heterocycles. The standard InChI is InChI=1S/C19H23N3O2/c1-13-12-17(14(2)21(3)18(13)23)15-4-6-16(7-5-15)19(24)22-10-8-20-9-11-22/h4-7,12,20H,8-11H2,1-3H3. The van der Waals surface area contributed by atoms with Gasteiger partial charge in [0.25, 0.3) is 11.5 Å². The number of nitrogens with zero attached hydrogens (tertiary/aromatic N) is 2. The Morgan fingerprint density at radius 2 is 1.71 bits per heavy atom. The number of hydrogen-bond donors (Lipinski definition) is 1. The van der Waals surface area contributed by atoms with E-state index in [1.165, 1.54) is 0 Å². The van der Waals surface area contributed by atoms with Crippen molar-refractivity contribution in [3.8, 4) is 11.1 Å². The average Bonchev–Trinajstić information content (AvgIpc) is 2.63. The molecule has 0 radical (unpaired) electrons. The summed E-state index contributed by atoms with van der Waals surface area (Å²) in [5.74, 6) is 0.0800. The van der Waals surface area contributed by atoms with Crippen molar-refractivity contribution in [2.45, 2.75) is 13.8 Å². The van der Waals surface area contributed by atoms with Crippen LogP contribution in [-0.4, -0.2) is 41.6 Å². The topological polar surface area (TPSA) is 54.3 Å². The first-order valence-electron chi connectivity index (χ1n) is 8.26. The Morgan fingerprint density at radius 1 is 1.08 bits per heavy atom. The number of piperazine rings is 1. The Bertz CT molecular complexity index is 816. The molecule has 5 nitrogen and oxygen atoms in total. The Balaban J connectivity index is 1.90. The number of aryl methyl sites for hydroxylation is 1. The van der Waals surface area contributed by atoms with Crippen LogP contribution in [0.15, 0.2) is 35.1 Å². The fourth-order valence-electron chi connectivity index (χ4n) is 3.12. The van der Waals surface area contributed by atoms with Crippen molar-refractivity contribution in [3.63, 3.8) is 0 Å². The number of aromatic nitrogens is 1. The fourth-order valence-corrected chi connectivity index (χ4v) is 3.12.